The van der Waals surface area contributed by atoms with Crippen LogP contribution in [0.5, 0.6) is 0 Å². The van der Waals surface area contributed by atoms with Gasteiger partial charge >= 0.3 is 0 Å². The Morgan fingerprint density at radius 3 is 2.64 bits per heavy atom. The van der Waals surface area contributed by atoms with E-state index in [1.54, 1.807) is 12.1 Å². The molecule has 0 spiro atoms. The van der Waals surface area contributed by atoms with E-state index in [1.807, 2.05) is 31.2 Å². The van der Waals surface area contributed by atoms with Crippen LogP contribution in [0.25, 0.3) is 0 Å². The Morgan fingerprint density at radius 1 is 1.23 bits per heavy atom. The van der Waals surface area contributed by atoms with Gasteiger partial charge in [-0.3, -0.25) is 0 Å². The summed E-state index contributed by atoms with van der Waals surface area (Å²) in [5.74, 6) is 0. The van der Waals surface area contributed by atoms with Gasteiger partial charge < -0.3 is 4.74 Å². The van der Waals surface area contributed by atoms with Crippen LogP contribution in [0.3, 0.4) is 0 Å². The molecule has 1 aromatic carbocycles. The first-order valence-corrected chi connectivity index (χ1v) is 9.36. The lowest BCUT2D eigenvalue weighted by Gasteiger charge is -2.31. The van der Waals surface area contributed by atoms with Gasteiger partial charge in [0.25, 0.3) is 0 Å². The quantitative estimate of drug-likeness (QED) is 0.570. The molecular weight excluding hydrogens is 298 g/mol. The van der Waals surface area contributed by atoms with E-state index >= 15 is 0 Å². The minimum Gasteiger partial charge on any atom is -0.358 e. The molecule has 0 radical (unpaired) electrons. The summed E-state index contributed by atoms with van der Waals surface area (Å²) in [7, 11) is -3.51. The van der Waals surface area contributed by atoms with Crippen LogP contribution in [-0.2, 0) is 14.8 Å². The summed E-state index contributed by atoms with van der Waals surface area (Å²) in [5.41, 5.74) is 1.05. The third kappa shape index (κ3) is 4.18. The lowest BCUT2D eigenvalue weighted by atomic mass is 10.2. The van der Waals surface area contributed by atoms with Crippen LogP contribution in [0, 0.1) is 6.92 Å². The third-order valence-corrected chi connectivity index (χ3v) is 5.64. The van der Waals surface area contributed by atoms with Crippen molar-refractivity contribution in [2.45, 2.75) is 50.7 Å². The molecule has 0 unspecified atom stereocenters. The van der Waals surface area contributed by atoms with Crippen molar-refractivity contribution < 1.29 is 13.2 Å². The summed E-state index contributed by atoms with van der Waals surface area (Å²) in [6.45, 7) is 5.13. The van der Waals surface area contributed by atoms with Crippen LogP contribution in [0.1, 0.15) is 38.2 Å². The number of unbranched alkanes of at least 4 members (excludes halogenated alkanes) is 2. The molecule has 0 aromatic heterocycles. The third-order valence-electron chi connectivity index (χ3n) is 3.76. The monoisotopic (exact) mass is 323 g/mol. The zero-order valence-corrected chi connectivity index (χ0v) is 14.2. The van der Waals surface area contributed by atoms with Crippen LogP contribution in [0.2, 0.25) is 0 Å². The number of sulfonamides is 1. The van der Waals surface area contributed by atoms with E-state index < -0.39 is 16.3 Å². The Bertz CT molecular complexity index is 593. The van der Waals surface area contributed by atoms with Crippen molar-refractivity contribution in [3.63, 3.8) is 0 Å². The minimum absolute atomic E-state index is 0.329. The summed E-state index contributed by atoms with van der Waals surface area (Å²) in [6, 6.07) is 6.97. The highest BCUT2D eigenvalue weighted by molar-refractivity contribution is 7.89. The Kier molecular flexibility index (Phi) is 6.17. The number of hydrogen-bond donors (Lipinski definition) is 0. The predicted molar refractivity (Wildman–Crippen MR) is 88.1 cm³/mol. The Balaban J connectivity index is 2.13. The van der Waals surface area contributed by atoms with Crippen LogP contribution in [0.4, 0.5) is 0 Å². The highest BCUT2D eigenvalue weighted by Crippen LogP contribution is 2.23. The molecular formula is C17H25NO3S. The first-order chi connectivity index (χ1) is 10.6. The van der Waals surface area contributed by atoms with Gasteiger partial charge in [-0.2, -0.15) is 4.31 Å². The SMILES string of the molecule is CCCCCO[C@H]1C=CCCN1S(=O)(=O)c1ccc(C)cc1. The van der Waals surface area contributed by atoms with Crippen molar-refractivity contribution in [2.75, 3.05) is 13.2 Å². The van der Waals surface area contributed by atoms with Crippen molar-refractivity contribution in [2.24, 2.45) is 0 Å². The number of aryl methyl sites for hydroxylation is 1. The number of benzene rings is 1. The van der Waals surface area contributed by atoms with E-state index in [0.717, 1.165) is 31.2 Å². The number of ether oxygens (including phenoxy) is 1. The molecule has 1 heterocycles. The van der Waals surface area contributed by atoms with Gasteiger partial charge in [0.05, 0.1) is 4.90 Å². The fourth-order valence-corrected chi connectivity index (χ4v) is 3.94. The van der Waals surface area contributed by atoms with Gasteiger partial charge in [0, 0.05) is 13.2 Å². The Labute approximate surface area is 133 Å². The maximum Gasteiger partial charge on any atom is 0.245 e. The topological polar surface area (TPSA) is 46.6 Å². The van der Waals surface area contributed by atoms with Crippen molar-refractivity contribution in [3.8, 4) is 0 Å². The zero-order valence-electron chi connectivity index (χ0n) is 13.4. The maximum atomic E-state index is 12.8. The second kappa shape index (κ2) is 7.90. The summed E-state index contributed by atoms with van der Waals surface area (Å²) in [6.07, 6.45) is 7.25. The lowest BCUT2D eigenvalue weighted by Crippen LogP contribution is -2.43. The maximum absolute atomic E-state index is 12.8. The average Bonchev–Trinajstić information content (AvgIpc) is 2.52. The molecule has 22 heavy (non-hydrogen) atoms. The van der Waals surface area contributed by atoms with Crippen molar-refractivity contribution in [1.29, 1.82) is 0 Å². The summed E-state index contributed by atoms with van der Waals surface area (Å²) in [4.78, 5) is 0.329. The molecule has 0 fully saturated rings. The fraction of sp³-hybridized carbons (Fsp3) is 0.529. The van der Waals surface area contributed by atoms with Gasteiger partial charge in [0.1, 0.15) is 6.23 Å². The van der Waals surface area contributed by atoms with E-state index in [0.29, 0.717) is 18.0 Å². The molecule has 2 rings (SSSR count). The highest BCUT2D eigenvalue weighted by Gasteiger charge is 2.31. The standard InChI is InChI=1S/C17H25NO3S/c1-3-4-7-14-21-17-8-5-6-13-18(17)22(19,20)16-11-9-15(2)10-12-16/h5,8-12,17H,3-4,6-7,13-14H2,1-2H3/t17-/m0/s1. The second-order valence-electron chi connectivity index (χ2n) is 5.61. The molecule has 0 N–H and O–H groups in total. The molecule has 0 saturated heterocycles. The number of rotatable bonds is 7. The van der Waals surface area contributed by atoms with Gasteiger partial charge in [-0.1, -0.05) is 43.5 Å². The van der Waals surface area contributed by atoms with Crippen LogP contribution >= 0.6 is 0 Å². The van der Waals surface area contributed by atoms with Crippen molar-refractivity contribution in [3.05, 3.63) is 42.0 Å². The summed E-state index contributed by atoms with van der Waals surface area (Å²) in [5, 5.41) is 0. The molecule has 0 aliphatic carbocycles. The van der Waals surface area contributed by atoms with Crippen LogP contribution in [0.15, 0.2) is 41.3 Å². The molecule has 5 heteroatoms. The van der Waals surface area contributed by atoms with E-state index in [-0.39, 0.29) is 0 Å². The smallest absolute Gasteiger partial charge is 0.245 e. The fourth-order valence-electron chi connectivity index (χ4n) is 2.44. The van der Waals surface area contributed by atoms with Crippen LogP contribution in [-0.4, -0.2) is 32.1 Å². The largest absolute Gasteiger partial charge is 0.358 e. The first kappa shape index (κ1) is 17.2. The van der Waals surface area contributed by atoms with Crippen LogP contribution < -0.4 is 0 Å². The molecule has 0 amide bonds. The molecule has 1 aliphatic heterocycles. The number of hydrogen-bond acceptors (Lipinski definition) is 3. The van der Waals surface area contributed by atoms with E-state index in [2.05, 4.69) is 6.92 Å². The highest BCUT2D eigenvalue weighted by atomic mass is 32.2. The van der Waals surface area contributed by atoms with Crippen molar-refractivity contribution in [1.82, 2.24) is 4.31 Å². The molecule has 4 nitrogen and oxygen atoms in total. The summed E-state index contributed by atoms with van der Waals surface area (Å²) < 4.78 is 32.9. The molecule has 1 aromatic rings. The molecule has 122 valence electrons. The molecule has 0 saturated carbocycles. The second-order valence-corrected chi connectivity index (χ2v) is 7.50. The first-order valence-electron chi connectivity index (χ1n) is 7.92. The minimum atomic E-state index is -3.51. The van der Waals surface area contributed by atoms with Gasteiger partial charge in [-0.05, 0) is 38.0 Å². The van der Waals surface area contributed by atoms with Gasteiger partial charge in [0.2, 0.25) is 10.0 Å². The summed E-state index contributed by atoms with van der Waals surface area (Å²) >= 11 is 0. The van der Waals surface area contributed by atoms with Crippen molar-refractivity contribution >= 4 is 10.0 Å². The van der Waals surface area contributed by atoms with E-state index in [4.69, 9.17) is 4.74 Å². The predicted octanol–water partition coefficient (Wildman–Crippen LogP) is 3.48. The van der Waals surface area contributed by atoms with E-state index in [1.165, 1.54) is 4.31 Å². The zero-order chi connectivity index (χ0) is 16.0. The lowest BCUT2D eigenvalue weighted by molar-refractivity contribution is 0.00872. The van der Waals surface area contributed by atoms with Gasteiger partial charge in [-0.25, -0.2) is 8.42 Å². The Hall–Kier alpha value is -1.17. The molecule has 1 aliphatic rings. The normalized spacial score (nSPS) is 19.5. The average molecular weight is 323 g/mol. The molecule has 1 atom stereocenters. The van der Waals surface area contributed by atoms with Gasteiger partial charge in [-0.15, -0.1) is 0 Å². The number of nitrogens with zero attached hydrogens (tertiary/aromatic N) is 1. The van der Waals surface area contributed by atoms with E-state index in [9.17, 15) is 8.42 Å². The molecule has 0 bridgehead atoms. The Morgan fingerprint density at radius 2 is 1.95 bits per heavy atom. The van der Waals surface area contributed by atoms with Gasteiger partial charge in [0.15, 0.2) is 0 Å².